The van der Waals surface area contributed by atoms with Crippen LogP contribution < -0.4 is 10.6 Å². The largest absolute Gasteiger partial charge is 0.361 e. The average Bonchev–Trinajstić information content (AvgIpc) is 3.46. The van der Waals surface area contributed by atoms with Gasteiger partial charge in [0, 0.05) is 28.9 Å². The van der Waals surface area contributed by atoms with Crippen molar-refractivity contribution in [2.75, 3.05) is 5.32 Å². The van der Waals surface area contributed by atoms with E-state index < -0.39 is 0 Å². The number of benzene rings is 2. The van der Waals surface area contributed by atoms with Gasteiger partial charge in [0.2, 0.25) is 0 Å². The molecule has 2 aromatic heterocycles. The van der Waals surface area contributed by atoms with Crippen LogP contribution in [-0.2, 0) is 0 Å². The van der Waals surface area contributed by atoms with E-state index in [1.54, 1.807) is 25.1 Å². The monoisotopic (exact) mass is 443 g/mol. The summed E-state index contributed by atoms with van der Waals surface area (Å²) in [5.74, 6) is 0.902. The second-order valence-corrected chi connectivity index (χ2v) is 8.48. The van der Waals surface area contributed by atoms with E-state index in [1.165, 1.54) is 19.3 Å². The van der Waals surface area contributed by atoms with E-state index in [0.717, 1.165) is 29.4 Å². The second kappa shape index (κ2) is 8.90. The van der Waals surface area contributed by atoms with Gasteiger partial charge in [0.1, 0.15) is 11.6 Å². The fourth-order valence-electron chi connectivity index (χ4n) is 4.18. The molecule has 168 valence electrons. The summed E-state index contributed by atoms with van der Waals surface area (Å²) < 4.78 is 4.94. The highest BCUT2D eigenvalue weighted by Gasteiger charge is 2.17. The molecule has 1 aliphatic carbocycles. The van der Waals surface area contributed by atoms with Crippen molar-refractivity contribution in [3.8, 4) is 11.4 Å². The molecule has 2 aromatic carbocycles. The Morgan fingerprint density at radius 1 is 1.00 bits per heavy atom. The Bertz CT molecular complexity index is 1300. The average molecular weight is 444 g/mol. The first-order chi connectivity index (χ1) is 16.0. The maximum Gasteiger partial charge on any atom is 0.277 e. The summed E-state index contributed by atoms with van der Waals surface area (Å²) in [7, 11) is 0. The zero-order chi connectivity index (χ0) is 22.8. The van der Waals surface area contributed by atoms with Crippen LogP contribution in [0.25, 0.3) is 22.4 Å². The molecule has 0 aliphatic heterocycles. The molecule has 1 aliphatic rings. The number of aromatic amines is 1. The summed E-state index contributed by atoms with van der Waals surface area (Å²) in [4.78, 5) is 32.8. The number of rotatable bonds is 5. The maximum absolute atomic E-state index is 12.7. The van der Waals surface area contributed by atoms with Crippen molar-refractivity contribution >= 4 is 28.5 Å². The highest BCUT2D eigenvalue weighted by atomic mass is 16.5. The number of aromatic nitrogens is 3. The summed E-state index contributed by atoms with van der Waals surface area (Å²) in [6, 6.07) is 14.7. The number of anilines is 1. The fraction of sp³-hybridized carbons (Fsp3) is 0.280. The number of nitrogens with zero attached hydrogens (tertiary/aromatic N) is 2. The van der Waals surface area contributed by atoms with Gasteiger partial charge in [-0.3, -0.25) is 9.59 Å². The van der Waals surface area contributed by atoms with Gasteiger partial charge in [0.05, 0.1) is 11.0 Å². The first kappa shape index (κ1) is 20.9. The van der Waals surface area contributed by atoms with Crippen LogP contribution in [0.2, 0.25) is 0 Å². The third-order valence-corrected chi connectivity index (χ3v) is 5.96. The van der Waals surface area contributed by atoms with Gasteiger partial charge in [-0.15, -0.1) is 0 Å². The molecule has 0 atom stereocenters. The predicted octanol–water partition coefficient (Wildman–Crippen LogP) is 4.84. The molecule has 33 heavy (non-hydrogen) atoms. The molecule has 3 N–H and O–H groups in total. The van der Waals surface area contributed by atoms with E-state index in [9.17, 15) is 9.59 Å². The number of imidazole rings is 1. The van der Waals surface area contributed by atoms with Gasteiger partial charge < -0.3 is 20.1 Å². The molecule has 1 saturated carbocycles. The summed E-state index contributed by atoms with van der Waals surface area (Å²) in [5.41, 5.74) is 3.97. The number of H-pyrrole nitrogens is 1. The molecule has 0 bridgehead atoms. The number of hydrogen-bond acceptors (Lipinski definition) is 5. The van der Waals surface area contributed by atoms with Crippen molar-refractivity contribution in [3.63, 3.8) is 0 Å². The van der Waals surface area contributed by atoms with Crippen LogP contribution in [0.1, 0.15) is 58.7 Å². The molecule has 8 nitrogen and oxygen atoms in total. The quantitative estimate of drug-likeness (QED) is 0.408. The van der Waals surface area contributed by atoms with E-state index >= 15 is 0 Å². The first-order valence-electron chi connectivity index (χ1n) is 11.2. The molecule has 2 amide bonds. The molecule has 0 radical (unpaired) electrons. The Balaban J connectivity index is 1.29. The molecule has 0 unspecified atom stereocenters. The second-order valence-electron chi connectivity index (χ2n) is 8.48. The Morgan fingerprint density at radius 3 is 2.52 bits per heavy atom. The minimum atomic E-state index is -0.331. The zero-order valence-electron chi connectivity index (χ0n) is 18.4. The lowest BCUT2D eigenvalue weighted by atomic mass is 9.95. The van der Waals surface area contributed by atoms with E-state index in [4.69, 9.17) is 4.52 Å². The molecular weight excluding hydrogens is 418 g/mol. The molecule has 4 aromatic rings. The number of amides is 2. The summed E-state index contributed by atoms with van der Waals surface area (Å²) >= 11 is 0. The number of nitrogens with one attached hydrogen (secondary N) is 3. The molecular formula is C25H25N5O3. The number of carbonyl (C=O) groups excluding carboxylic acids is 2. The van der Waals surface area contributed by atoms with Crippen LogP contribution in [0.5, 0.6) is 0 Å². The Hall–Kier alpha value is -3.94. The van der Waals surface area contributed by atoms with E-state index in [2.05, 4.69) is 25.8 Å². The zero-order valence-corrected chi connectivity index (χ0v) is 18.4. The Labute approximate surface area is 190 Å². The number of hydrogen-bond donors (Lipinski definition) is 3. The van der Waals surface area contributed by atoms with Crippen LogP contribution in [0, 0.1) is 6.92 Å². The van der Waals surface area contributed by atoms with Gasteiger partial charge in [-0.2, -0.15) is 0 Å². The van der Waals surface area contributed by atoms with Crippen molar-refractivity contribution in [1.82, 2.24) is 20.4 Å². The topological polar surface area (TPSA) is 113 Å². The molecule has 0 saturated heterocycles. The Kier molecular flexibility index (Phi) is 5.64. The van der Waals surface area contributed by atoms with E-state index in [0.29, 0.717) is 22.8 Å². The predicted molar refractivity (Wildman–Crippen MR) is 125 cm³/mol. The number of aryl methyl sites for hydroxylation is 1. The Morgan fingerprint density at radius 2 is 1.79 bits per heavy atom. The van der Waals surface area contributed by atoms with E-state index in [-0.39, 0.29) is 23.6 Å². The summed E-state index contributed by atoms with van der Waals surface area (Å²) in [6.45, 7) is 1.73. The van der Waals surface area contributed by atoms with Gasteiger partial charge in [0.25, 0.3) is 11.8 Å². The lowest BCUT2D eigenvalue weighted by Gasteiger charge is -2.22. The minimum absolute atomic E-state index is 0.0395. The molecule has 5 rings (SSSR count). The normalized spacial score (nSPS) is 14.3. The van der Waals surface area contributed by atoms with Crippen LogP contribution >= 0.6 is 0 Å². The fourth-order valence-corrected chi connectivity index (χ4v) is 4.18. The number of fused-ring (bicyclic) bond motifs is 1. The van der Waals surface area contributed by atoms with Gasteiger partial charge in [0.15, 0.2) is 5.69 Å². The van der Waals surface area contributed by atoms with Crippen molar-refractivity contribution in [1.29, 1.82) is 0 Å². The molecule has 2 heterocycles. The van der Waals surface area contributed by atoms with Crippen LogP contribution in [0.15, 0.2) is 53.1 Å². The third-order valence-electron chi connectivity index (χ3n) is 5.96. The SMILES string of the molecule is Cc1cc(C(=O)Nc2ccc(-c3nc4ccc(C(=O)NC5CCCCC5)cc4[nH]3)cc2)no1. The van der Waals surface area contributed by atoms with Crippen LogP contribution in [0.4, 0.5) is 5.69 Å². The smallest absolute Gasteiger partial charge is 0.277 e. The van der Waals surface area contributed by atoms with Crippen LogP contribution in [0.3, 0.4) is 0 Å². The molecule has 8 heteroatoms. The van der Waals surface area contributed by atoms with Crippen molar-refractivity contribution in [3.05, 3.63) is 65.5 Å². The summed E-state index contributed by atoms with van der Waals surface area (Å²) in [5, 5.41) is 9.67. The van der Waals surface area contributed by atoms with Crippen molar-refractivity contribution in [2.45, 2.75) is 45.1 Å². The molecule has 0 spiro atoms. The maximum atomic E-state index is 12.7. The lowest BCUT2D eigenvalue weighted by molar-refractivity contribution is 0.0927. The highest BCUT2D eigenvalue weighted by molar-refractivity contribution is 6.03. The van der Waals surface area contributed by atoms with Gasteiger partial charge >= 0.3 is 0 Å². The minimum Gasteiger partial charge on any atom is -0.361 e. The standard InChI is InChI=1S/C25H25N5O3/c1-15-13-22(30-33-15)25(32)27-19-10-7-16(8-11-19)23-28-20-12-9-17(14-21(20)29-23)24(31)26-18-5-3-2-4-6-18/h7-14,18H,2-6H2,1H3,(H,26,31)(H,27,32)(H,28,29). The van der Waals surface area contributed by atoms with Gasteiger partial charge in [-0.05, 0) is 62.2 Å². The first-order valence-corrected chi connectivity index (χ1v) is 11.2. The summed E-state index contributed by atoms with van der Waals surface area (Å²) in [6.07, 6.45) is 5.71. The molecule has 1 fully saturated rings. The van der Waals surface area contributed by atoms with Crippen molar-refractivity contribution in [2.24, 2.45) is 0 Å². The highest BCUT2D eigenvalue weighted by Crippen LogP contribution is 2.24. The van der Waals surface area contributed by atoms with Crippen LogP contribution in [-0.4, -0.2) is 33.0 Å². The lowest BCUT2D eigenvalue weighted by Crippen LogP contribution is -2.36. The number of carbonyl (C=O) groups is 2. The van der Waals surface area contributed by atoms with E-state index in [1.807, 2.05) is 30.3 Å². The van der Waals surface area contributed by atoms with Crippen molar-refractivity contribution < 1.29 is 14.1 Å². The third kappa shape index (κ3) is 4.64. The van der Waals surface area contributed by atoms with Gasteiger partial charge in [-0.25, -0.2) is 4.98 Å². The van der Waals surface area contributed by atoms with Gasteiger partial charge in [-0.1, -0.05) is 24.4 Å².